The first kappa shape index (κ1) is 10.7. The summed E-state index contributed by atoms with van der Waals surface area (Å²) in [6, 6.07) is 4.79. The van der Waals surface area contributed by atoms with Crippen LogP contribution in [0, 0.1) is 5.82 Å². The molecule has 0 spiro atoms. The van der Waals surface area contributed by atoms with Crippen LogP contribution in [0.1, 0.15) is 13.8 Å². The first-order chi connectivity index (χ1) is 7.58. The van der Waals surface area contributed by atoms with Crippen LogP contribution in [0.3, 0.4) is 0 Å². The van der Waals surface area contributed by atoms with Crippen LogP contribution in [0.2, 0.25) is 0 Å². The molecule has 84 valence electrons. The van der Waals surface area contributed by atoms with Crippen molar-refractivity contribution in [2.45, 2.75) is 19.9 Å². The maximum absolute atomic E-state index is 13.3. The van der Waals surface area contributed by atoms with Gasteiger partial charge in [-0.05, 0) is 32.0 Å². The molecule has 0 amide bonds. The molecule has 0 atom stereocenters. The van der Waals surface area contributed by atoms with E-state index in [9.17, 15) is 4.39 Å². The summed E-state index contributed by atoms with van der Waals surface area (Å²) in [4.78, 5) is 4.20. The number of fused-ring (bicyclic) bond motifs is 1. The predicted octanol–water partition coefficient (Wildman–Crippen LogP) is 2.78. The number of benzene rings is 1. The number of anilines is 2. The Hall–Kier alpha value is -1.84. The van der Waals surface area contributed by atoms with Gasteiger partial charge in [-0.15, -0.1) is 0 Å². The SMILES string of the molecule is CC(C)Nc1nccc2c(N)cc(F)cc12. The molecule has 16 heavy (non-hydrogen) atoms. The van der Waals surface area contributed by atoms with Gasteiger partial charge in [0, 0.05) is 28.7 Å². The minimum Gasteiger partial charge on any atom is -0.398 e. The minimum atomic E-state index is -0.343. The molecule has 0 fully saturated rings. The summed E-state index contributed by atoms with van der Waals surface area (Å²) < 4.78 is 13.3. The van der Waals surface area contributed by atoms with Crippen molar-refractivity contribution in [3.8, 4) is 0 Å². The molecule has 2 rings (SSSR count). The van der Waals surface area contributed by atoms with Gasteiger partial charge in [0.1, 0.15) is 11.6 Å². The normalized spacial score (nSPS) is 11.0. The number of nitrogens with two attached hydrogens (primary N) is 1. The lowest BCUT2D eigenvalue weighted by molar-refractivity contribution is 0.630. The lowest BCUT2D eigenvalue weighted by Crippen LogP contribution is -2.11. The fourth-order valence-electron chi connectivity index (χ4n) is 1.67. The average Bonchev–Trinajstić information content (AvgIpc) is 2.18. The molecule has 3 nitrogen and oxygen atoms in total. The van der Waals surface area contributed by atoms with Gasteiger partial charge in [-0.25, -0.2) is 9.37 Å². The van der Waals surface area contributed by atoms with Crippen LogP contribution in [-0.4, -0.2) is 11.0 Å². The van der Waals surface area contributed by atoms with Crippen LogP contribution in [0.5, 0.6) is 0 Å². The van der Waals surface area contributed by atoms with Crippen molar-refractivity contribution in [1.82, 2.24) is 4.98 Å². The zero-order chi connectivity index (χ0) is 11.7. The van der Waals surface area contributed by atoms with Crippen molar-refractivity contribution in [3.63, 3.8) is 0 Å². The molecule has 4 heteroatoms. The molecule has 3 N–H and O–H groups in total. The van der Waals surface area contributed by atoms with Crippen molar-refractivity contribution >= 4 is 22.3 Å². The maximum Gasteiger partial charge on any atom is 0.134 e. The molecule has 0 aliphatic heterocycles. The van der Waals surface area contributed by atoms with E-state index >= 15 is 0 Å². The molecule has 0 saturated carbocycles. The van der Waals surface area contributed by atoms with E-state index in [0.29, 0.717) is 16.9 Å². The fourth-order valence-corrected chi connectivity index (χ4v) is 1.67. The Morgan fingerprint density at radius 3 is 2.75 bits per heavy atom. The van der Waals surface area contributed by atoms with Gasteiger partial charge in [0.2, 0.25) is 0 Å². The van der Waals surface area contributed by atoms with E-state index in [1.165, 1.54) is 12.1 Å². The van der Waals surface area contributed by atoms with Crippen molar-refractivity contribution in [2.24, 2.45) is 0 Å². The highest BCUT2D eigenvalue weighted by molar-refractivity contribution is 5.99. The summed E-state index contributed by atoms with van der Waals surface area (Å²) >= 11 is 0. The number of rotatable bonds is 2. The molecule has 0 aliphatic rings. The molecule has 2 aromatic rings. The lowest BCUT2D eigenvalue weighted by Gasteiger charge is -2.12. The van der Waals surface area contributed by atoms with Gasteiger partial charge in [-0.3, -0.25) is 0 Å². The highest BCUT2D eigenvalue weighted by Crippen LogP contribution is 2.27. The Balaban J connectivity index is 2.66. The highest BCUT2D eigenvalue weighted by atomic mass is 19.1. The second-order valence-electron chi connectivity index (χ2n) is 4.05. The van der Waals surface area contributed by atoms with E-state index in [0.717, 1.165) is 5.39 Å². The molecule has 0 unspecified atom stereocenters. The summed E-state index contributed by atoms with van der Waals surface area (Å²) in [5.74, 6) is 0.323. The van der Waals surface area contributed by atoms with Crippen molar-refractivity contribution < 1.29 is 4.39 Å². The average molecular weight is 219 g/mol. The standard InChI is InChI=1S/C12H14FN3/c1-7(2)16-12-10-5-8(13)6-11(14)9(10)3-4-15-12/h3-7H,14H2,1-2H3,(H,15,16). The number of pyridine rings is 1. The van der Waals surface area contributed by atoms with Gasteiger partial charge >= 0.3 is 0 Å². The Morgan fingerprint density at radius 1 is 1.31 bits per heavy atom. The van der Waals surface area contributed by atoms with Crippen molar-refractivity contribution in [3.05, 3.63) is 30.2 Å². The zero-order valence-electron chi connectivity index (χ0n) is 9.29. The fraction of sp³-hybridized carbons (Fsp3) is 0.250. The minimum absolute atomic E-state index is 0.239. The third-order valence-electron chi connectivity index (χ3n) is 2.30. The first-order valence-electron chi connectivity index (χ1n) is 5.18. The summed E-state index contributed by atoms with van der Waals surface area (Å²) in [7, 11) is 0. The largest absolute Gasteiger partial charge is 0.398 e. The van der Waals surface area contributed by atoms with E-state index in [1.807, 2.05) is 13.8 Å². The molecule has 0 aliphatic carbocycles. The zero-order valence-corrected chi connectivity index (χ0v) is 9.29. The number of nitrogens with zero attached hydrogens (tertiary/aromatic N) is 1. The molecule has 0 saturated heterocycles. The molecule has 0 bridgehead atoms. The molecule has 1 aromatic heterocycles. The Bertz CT molecular complexity index is 523. The van der Waals surface area contributed by atoms with Crippen LogP contribution in [-0.2, 0) is 0 Å². The van der Waals surface area contributed by atoms with E-state index < -0.39 is 0 Å². The highest BCUT2D eigenvalue weighted by Gasteiger charge is 2.07. The van der Waals surface area contributed by atoms with Crippen LogP contribution in [0.15, 0.2) is 24.4 Å². The van der Waals surface area contributed by atoms with E-state index in [2.05, 4.69) is 10.3 Å². The van der Waals surface area contributed by atoms with Crippen LogP contribution < -0.4 is 11.1 Å². The smallest absolute Gasteiger partial charge is 0.134 e. The molecule has 1 aromatic carbocycles. The Kier molecular flexibility index (Phi) is 2.64. The number of halogens is 1. The van der Waals surface area contributed by atoms with Gasteiger partial charge in [0.15, 0.2) is 0 Å². The van der Waals surface area contributed by atoms with Crippen molar-refractivity contribution in [1.29, 1.82) is 0 Å². The first-order valence-corrected chi connectivity index (χ1v) is 5.18. The lowest BCUT2D eigenvalue weighted by atomic mass is 10.1. The monoisotopic (exact) mass is 219 g/mol. The summed E-state index contributed by atoms with van der Waals surface area (Å²) in [5.41, 5.74) is 6.20. The number of aromatic nitrogens is 1. The summed E-state index contributed by atoms with van der Waals surface area (Å²) in [6.45, 7) is 4.01. The summed E-state index contributed by atoms with van der Waals surface area (Å²) in [5, 5.41) is 4.70. The molecule has 0 radical (unpaired) electrons. The van der Waals surface area contributed by atoms with Gasteiger partial charge in [-0.2, -0.15) is 0 Å². The van der Waals surface area contributed by atoms with Gasteiger partial charge in [-0.1, -0.05) is 0 Å². The number of nitrogen functional groups attached to an aromatic ring is 1. The molecule has 1 heterocycles. The quantitative estimate of drug-likeness (QED) is 0.763. The van der Waals surface area contributed by atoms with Crippen LogP contribution >= 0.6 is 0 Å². The Labute approximate surface area is 93.5 Å². The van der Waals surface area contributed by atoms with Gasteiger partial charge in [0.25, 0.3) is 0 Å². The van der Waals surface area contributed by atoms with E-state index in [4.69, 9.17) is 5.73 Å². The second-order valence-corrected chi connectivity index (χ2v) is 4.05. The van der Waals surface area contributed by atoms with Crippen LogP contribution in [0.4, 0.5) is 15.9 Å². The van der Waals surface area contributed by atoms with E-state index in [-0.39, 0.29) is 11.9 Å². The second kappa shape index (κ2) is 3.96. The number of hydrogen-bond donors (Lipinski definition) is 2. The summed E-state index contributed by atoms with van der Waals surface area (Å²) in [6.07, 6.45) is 1.67. The third-order valence-corrected chi connectivity index (χ3v) is 2.30. The number of hydrogen-bond acceptors (Lipinski definition) is 3. The molecular weight excluding hydrogens is 205 g/mol. The van der Waals surface area contributed by atoms with Gasteiger partial charge < -0.3 is 11.1 Å². The number of nitrogens with one attached hydrogen (secondary N) is 1. The van der Waals surface area contributed by atoms with Crippen molar-refractivity contribution in [2.75, 3.05) is 11.1 Å². The van der Waals surface area contributed by atoms with Gasteiger partial charge in [0.05, 0.1) is 0 Å². The molecular formula is C12H14FN3. The maximum atomic E-state index is 13.3. The predicted molar refractivity (Wildman–Crippen MR) is 64.9 cm³/mol. The van der Waals surface area contributed by atoms with Crippen LogP contribution in [0.25, 0.3) is 10.8 Å². The third kappa shape index (κ3) is 1.91. The van der Waals surface area contributed by atoms with E-state index in [1.54, 1.807) is 12.3 Å². The topological polar surface area (TPSA) is 50.9 Å². The Morgan fingerprint density at radius 2 is 2.06 bits per heavy atom.